The Kier molecular flexibility index (Phi) is 23.7. The monoisotopic (exact) mass is 1180 g/mol. The standard InChI is InChI=1S/C26H30N2O7Si.C23H22N2O7.B11.B10/c1-28(2)20-15-11-13-10-14-12(8-9-36(3,4)5)6-7-16(29)18(14)21(30)17(13)23(32)26(15,35)24(33)19(22(20)31)25(27)34;1-4-9-5-6-13(26)15-11(9)7-10-8-12-17(25(2)3)19(28)16(22(24)31)21(30)23(12,32)20(29)14(10)18(15)27;1-7-10(6)11(8(2)3)9(4)5;1-7(2)10(8(3)4)9(5)6/h6-7,13,15,20,29-30,33,35H,10-11H2,1-5H3,(H2,27,34);1,5-6,10,12,17,26-27,30,32H,7-8H2,2-3H3,(H2,24,31);;/t13-,15-,20-,26-;10-,12-,17-,23-;;/m00../s1. The predicted octanol–water partition coefficient (Wildman–Crippen LogP) is -6.86. The van der Waals surface area contributed by atoms with Crippen molar-refractivity contribution in [3.8, 4) is 35.3 Å². The van der Waals surface area contributed by atoms with E-state index >= 15 is 0 Å². The summed E-state index contributed by atoms with van der Waals surface area (Å²) in [7, 11) is 69.7. The van der Waals surface area contributed by atoms with Gasteiger partial charge in [0.25, 0.3) is 11.8 Å². The summed E-state index contributed by atoms with van der Waals surface area (Å²) in [5.41, 5.74) is 8.66. The second-order valence-corrected chi connectivity index (χ2v) is 29.1. The lowest BCUT2D eigenvalue weighted by Gasteiger charge is -2.50. The summed E-state index contributed by atoms with van der Waals surface area (Å²) in [6.45, 7) is 6.26. The Hall–Kier alpha value is -5.64. The summed E-state index contributed by atoms with van der Waals surface area (Å²) in [5.74, 6) is -7.87. The molecule has 12 N–H and O–H groups in total. The maximum absolute atomic E-state index is 13.8. The van der Waals surface area contributed by atoms with E-state index in [4.69, 9.17) is 111 Å². The second-order valence-electron chi connectivity index (χ2n) is 24.4. The van der Waals surface area contributed by atoms with Gasteiger partial charge in [0.1, 0.15) is 53.8 Å². The Morgan fingerprint density at radius 1 is 0.607 bits per heavy atom. The van der Waals surface area contributed by atoms with Gasteiger partial charge in [-0.2, -0.15) is 0 Å². The Balaban J connectivity index is 0.000000247. The lowest BCUT2D eigenvalue weighted by molar-refractivity contribution is -0.155. The SMILES string of the molecule is C#Cc1ccc(O)c2c1C[C@H]1C[C@H]3[C@H](N(C)C)C(=O)C(C(N)=O)=C(O)[C@@]3(O)C(=O)C1=C2O.CN(C)[C@@H]1C(=O)C(C(N)=O)=C(O)[C@@]2(O)C(=O)C3=C(O)c4c(O)ccc(C#C[Si](C)(C)C)c4C[C@H]3C[C@@H]12.[B]B([B])B(B([B])[B])B([B])[B].[B][B]B([B])B(B([B])[B])B([B])[B]. The summed E-state index contributed by atoms with van der Waals surface area (Å²) in [6, 6.07) is 3.63. The van der Waals surface area contributed by atoms with Crippen molar-refractivity contribution in [3.05, 3.63) is 91.5 Å². The lowest BCUT2D eigenvalue weighted by atomic mass is 8.56. The van der Waals surface area contributed by atoms with Gasteiger partial charge in [0, 0.05) is 185 Å². The number of carbonyl (C=O) groups excluding carboxylic acids is 6. The molecule has 89 heavy (non-hydrogen) atoms. The zero-order chi connectivity index (χ0) is 67.9. The Bertz CT molecular complexity index is 3430. The second kappa shape index (κ2) is 28.5. The van der Waals surface area contributed by atoms with Crippen LogP contribution in [0.5, 0.6) is 11.5 Å². The van der Waals surface area contributed by atoms with Crippen LogP contribution in [-0.2, 0) is 41.6 Å². The summed E-state index contributed by atoms with van der Waals surface area (Å²) in [6.07, 6.45) is 1.42. The molecule has 2 saturated carbocycles. The third kappa shape index (κ3) is 14.1. The first kappa shape index (κ1) is 74.1. The van der Waals surface area contributed by atoms with Gasteiger partial charge in [0.05, 0.1) is 23.2 Å². The highest BCUT2D eigenvalue weighted by molar-refractivity contribution is 8.02. The smallest absolute Gasteiger partial charge is 0.255 e. The van der Waals surface area contributed by atoms with Gasteiger partial charge in [-0.25, -0.2) is 0 Å². The van der Waals surface area contributed by atoms with Gasteiger partial charge in [-0.15, -0.1) is 12.0 Å². The van der Waals surface area contributed by atoms with E-state index in [-0.39, 0.29) is 65.8 Å². The third-order valence-electron chi connectivity index (χ3n) is 16.8. The number of ketones is 4. The molecule has 0 bridgehead atoms. The Morgan fingerprint density at radius 2 is 0.944 bits per heavy atom. The molecule has 2 amide bonds. The number of hydrogen-bond acceptors (Lipinski definition) is 16. The number of aliphatic hydroxyl groups is 6. The van der Waals surface area contributed by atoms with Gasteiger partial charge in [-0.1, -0.05) is 31.5 Å². The molecule has 2 fully saturated rings. The van der Waals surface area contributed by atoms with Crippen molar-refractivity contribution in [2.75, 3.05) is 28.2 Å². The molecular weight excluding hydrogens is 1120 g/mol. The van der Waals surface area contributed by atoms with E-state index in [0.29, 0.717) is 22.3 Å². The van der Waals surface area contributed by atoms with Gasteiger partial charge in [-0.05, 0) is 101 Å². The normalized spacial score (nSPS) is 23.8. The Labute approximate surface area is 540 Å². The first-order valence-electron chi connectivity index (χ1n) is 27.9. The molecule has 0 aliphatic heterocycles. The van der Waals surface area contributed by atoms with Crippen LogP contribution in [0.3, 0.4) is 0 Å². The fourth-order valence-electron chi connectivity index (χ4n) is 12.7. The molecular formula is C49H52B21N4O14Si. The maximum Gasteiger partial charge on any atom is 0.255 e. The molecule has 8 atom stereocenters. The van der Waals surface area contributed by atoms with Gasteiger partial charge in [-0.3, -0.25) is 38.6 Å². The highest BCUT2D eigenvalue weighted by Gasteiger charge is 2.66. The van der Waals surface area contributed by atoms with Crippen LogP contribution >= 0.6 is 0 Å². The van der Waals surface area contributed by atoms with E-state index in [2.05, 4.69) is 37.0 Å². The minimum Gasteiger partial charge on any atom is -0.508 e. The van der Waals surface area contributed by atoms with E-state index in [9.17, 15) is 69.6 Å². The zero-order valence-corrected chi connectivity index (χ0v) is 51.4. The Morgan fingerprint density at radius 3 is 1.21 bits per heavy atom. The van der Waals surface area contributed by atoms with Gasteiger partial charge in [0.2, 0.25) is 11.6 Å². The number of aliphatic hydroxyl groups excluding tert-OH is 4. The molecule has 419 valence electrons. The van der Waals surface area contributed by atoms with E-state index in [1.807, 2.05) is 0 Å². The number of carbonyl (C=O) groups is 6. The molecule has 40 heteroatoms. The number of aromatic hydroxyl groups is 2. The number of rotatable bonds is 11. The molecule has 6 aliphatic carbocycles. The average molecular weight is 1180 g/mol. The van der Waals surface area contributed by atoms with Crippen LogP contribution in [0.15, 0.2) is 58.1 Å². The van der Waals surface area contributed by atoms with Crippen molar-refractivity contribution >= 4 is 206 Å². The number of terminal acetylenes is 1. The van der Waals surface area contributed by atoms with Crippen molar-refractivity contribution in [3.63, 3.8) is 0 Å². The van der Waals surface area contributed by atoms with Crippen molar-refractivity contribution in [1.82, 2.24) is 9.80 Å². The number of amides is 2. The van der Waals surface area contributed by atoms with Crippen LogP contribution < -0.4 is 11.5 Å². The average Bonchev–Trinajstić information content (AvgIpc) is 1.99. The molecule has 6 aliphatic rings. The van der Waals surface area contributed by atoms with Crippen molar-refractivity contribution in [2.24, 2.45) is 35.1 Å². The van der Waals surface area contributed by atoms with Crippen LogP contribution in [-0.4, -0.2) is 296 Å². The first-order valence-corrected chi connectivity index (χ1v) is 31.4. The van der Waals surface area contributed by atoms with Gasteiger partial charge >= 0.3 is 0 Å². The molecule has 8 rings (SSSR count). The van der Waals surface area contributed by atoms with E-state index in [1.54, 1.807) is 34.3 Å². The van der Waals surface area contributed by atoms with Crippen molar-refractivity contribution < 1.29 is 69.6 Å². The lowest BCUT2D eigenvalue weighted by Crippen LogP contribution is -2.65. The van der Waals surface area contributed by atoms with Gasteiger partial charge in [0.15, 0.2) is 22.8 Å². The topological polar surface area (TPSA) is 323 Å². The number of likely N-dealkylation sites (N-methyl/N-ethyl adjacent to an activating group) is 2. The summed E-state index contributed by atoms with van der Waals surface area (Å²) >= 11 is 0. The molecule has 0 unspecified atom stereocenters. The molecule has 2 aromatic carbocycles. The molecule has 0 saturated heterocycles. The summed E-state index contributed by atoms with van der Waals surface area (Å²) < 4.78 is 0. The van der Waals surface area contributed by atoms with Crippen LogP contribution in [0, 0.1) is 47.5 Å². The number of phenolic OH excluding ortho intramolecular Hbond substituents is 2. The largest absolute Gasteiger partial charge is 0.508 e. The number of fused-ring (bicyclic) bond motifs is 6. The number of phenols is 2. The molecule has 18 nitrogen and oxygen atoms in total. The van der Waals surface area contributed by atoms with Crippen molar-refractivity contribution in [1.29, 1.82) is 0 Å². The van der Waals surface area contributed by atoms with E-state index < -0.39 is 169 Å². The quantitative estimate of drug-likeness (QED) is 0.0568. The molecule has 2 aromatic rings. The van der Waals surface area contributed by atoms with Crippen LogP contribution in [0.25, 0.3) is 11.5 Å². The van der Waals surface area contributed by atoms with E-state index in [0.717, 1.165) is 0 Å². The summed E-state index contributed by atoms with van der Waals surface area (Å²) in [5, 5.41) is 87.8. The molecule has 0 aromatic heterocycles. The molecule has 25 radical (unpaired) electrons. The fourth-order valence-corrected chi connectivity index (χ4v) is 13.2. The number of Topliss-reactive ketones (excluding diaryl/α,β-unsaturated/α-hetero) is 4. The highest BCUT2D eigenvalue weighted by atomic mass is 28.3. The van der Waals surface area contributed by atoms with Crippen molar-refractivity contribution in [2.45, 2.75) is 68.6 Å². The van der Waals surface area contributed by atoms with Gasteiger partial charge < -0.3 is 52.3 Å². The summed E-state index contributed by atoms with van der Waals surface area (Å²) in [4.78, 5) is 80.4. The highest BCUT2D eigenvalue weighted by Crippen LogP contribution is 2.55. The van der Waals surface area contributed by atoms with Crippen LogP contribution in [0.4, 0.5) is 0 Å². The third-order valence-corrected chi connectivity index (χ3v) is 17.7. The number of primary amides is 2. The first-order chi connectivity index (χ1) is 41.0. The number of benzene rings is 2. The zero-order valence-electron chi connectivity index (χ0n) is 50.4. The molecule has 0 heterocycles. The predicted molar refractivity (Wildman–Crippen MR) is 367 cm³/mol. The van der Waals surface area contributed by atoms with E-state index in [1.165, 1.54) is 35.1 Å². The number of nitrogens with zero attached hydrogens (tertiary/aromatic N) is 2. The number of nitrogens with two attached hydrogens (primary N) is 2. The fraction of sp³-hybridized carbons (Fsp3) is 0.388. The minimum absolute atomic E-state index is 0.0169. The van der Waals surface area contributed by atoms with Crippen LogP contribution in [0.2, 0.25) is 19.6 Å². The minimum atomic E-state index is -2.65. The number of hydrogen-bond donors (Lipinski definition) is 10. The maximum atomic E-state index is 13.8. The molecule has 0 spiro atoms. The van der Waals surface area contributed by atoms with Crippen LogP contribution in [0.1, 0.15) is 46.2 Å².